The highest BCUT2D eigenvalue weighted by Gasteiger charge is 2.21. The first-order chi connectivity index (χ1) is 11.8. The van der Waals surface area contributed by atoms with Gasteiger partial charge >= 0.3 is 0 Å². The molecule has 2 aromatic carbocycles. The zero-order valence-corrected chi connectivity index (χ0v) is 14.9. The second kappa shape index (κ2) is 6.48. The van der Waals surface area contributed by atoms with E-state index in [1.807, 2.05) is 6.07 Å². The summed E-state index contributed by atoms with van der Waals surface area (Å²) in [6.45, 7) is 4.21. The van der Waals surface area contributed by atoms with E-state index in [0.29, 0.717) is 24.3 Å². The van der Waals surface area contributed by atoms with Gasteiger partial charge in [0.05, 0.1) is 4.90 Å². The minimum atomic E-state index is -3.81. The monoisotopic (exact) mass is 362 g/mol. The number of amides is 1. The first-order valence-corrected chi connectivity index (χ1v) is 9.41. The van der Waals surface area contributed by atoms with Gasteiger partial charge in [-0.2, -0.15) is 0 Å². The highest BCUT2D eigenvalue weighted by Crippen LogP contribution is 2.25. The third-order valence-corrected chi connectivity index (χ3v) is 5.88. The van der Waals surface area contributed by atoms with Crippen LogP contribution < -0.4 is 4.72 Å². The molecule has 0 saturated carbocycles. The number of anilines is 1. The lowest BCUT2D eigenvalue weighted by Crippen LogP contribution is -2.34. The molecule has 1 amide bonds. The number of hydrogen-bond acceptors (Lipinski definition) is 3. The van der Waals surface area contributed by atoms with Crippen molar-refractivity contribution in [3.8, 4) is 0 Å². The van der Waals surface area contributed by atoms with E-state index in [2.05, 4.69) is 4.72 Å². The molecule has 132 valence electrons. The number of carbonyl (C=O) groups is 1. The van der Waals surface area contributed by atoms with Crippen LogP contribution in [0, 0.1) is 12.7 Å². The van der Waals surface area contributed by atoms with E-state index in [0.717, 1.165) is 23.6 Å². The van der Waals surface area contributed by atoms with E-state index >= 15 is 0 Å². The maximum absolute atomic E-state index is 13.2. The zero-order chi connectivity index (χ0) is 18.2. The Kier molecular flexibility index (Phi) is 4.51. The number of benzene rings is 2. The van der Waals surface area contributed by atoms with Crippen molar-refractivity contribution in [3.63, 3.8) is 0 Å². The van der Waals surface area contributed by atoms with Crippen LogP contribution in [0.4, 0.5) is 10.1 Å². The van der Waals surface area contributed by atoms with Crippen molar-refractivity contribution < 1.29 is 17.6 Å². The number of nitrogens with one attached hydrogen (secondary N) is 1. The molecule has 0 fully saturated rings. The number of rotatable bonds is 3. The molecule has 3 rings (SSSR count). The number of sulfonamides is 1. The molecular formula is C18H19FN2O3S. The third kappa shape index (κ3) is 3.66. The molecule has 1 aliphatic heterocycles. The number of fused-ring (bicyclic) bond motifs is 1. The number of carbonyl (C=O) groups excluding carboxylic acids is 1. The molecule has 0 bridgehead atoms. The maximum Gasteiger partial charge on any atom is 0.262 e. The fraction of sp³-hybridized carbons (Fsp3) is 0.278. The van der Waals surface area contributed by atoms with Crippen molar-refractivity contribution in [2.75, 3.05) is 11.3 Å². The lowest BCUT2D eigenvalue weighted by atomic mass is 9.99. The van der Waals surface area contributed by atoms with Crippen LogP contribution in [0.2, 0.25) is 0 Å². The molecule has 0 radical (unpaired) electrons. The molecule has 0 atom stereocenters. The molecule has 1 heterocycles. The topological polar surface area (TPSA) is 66.5 Å². The van der Waals surface area contributed by atoms with E-state index in [1.54, 1.807) is 24.0 Å². The Bertz CT molecular complexity index is 941. The predicted molar refractivity (Wildman–Crippen MR) is 93.2 cm³/mol. The van der Waals surface area contributed by atoms with Crippen molar-refractivity contribution in [2.24, 2.45) is 0 Å². The minimum absolute atomic E-state index is 0.00132. The molecule has 7 heteroatoms. The normalized spacial score (nSPS) is 14.1. The van der Waals surface area contributed by atoms with Gasteiger partial charge in [-0.1, -0.05) is 6.07 Å². The van der Waals surface area contributed by atoms with E-state index in [-0.39, 0.29) is 10.8 Å². The van der Waals surface area contributed by atoms with Gasteiger partial charge in [-0.3, -0.25) is 9.52 Å². The van der Waals surface area contributed by atoms with Gasteiger partial charge in [0.25, 0.3) is 10.0 Å². The highest BCUT2D eigenvalue weighted by molar-refractivity contribution is 7.92. The summed E-state index contributed by atoms with van der Waals surface area (Å²) in [5.74, 6) is -0.479. The molecule has 5 nitrogen and oxygen atoms in total. The van der Waals surface area contributed by atoms with Crippen LogP contribution in [-0.2, 0) is 27.8 Å². The summed E-state index contributed by atoms with van der Waals surface area (Å²) in [5.41, 5.74) is 2.80. The fourth-order valence-electron chi connectivity index (χ4n) is 3.01. The Labute approximate surface area is 146 Å². The molecule has 25 heavy (non-hydrogen) atoms. The smallest absolute Gasteiger partial charge is 0.262 e. The van der Waals surface area contributed by atoms with Crippen molar-refractivity contribution in [1.29, 1.82) is 0 Å². The third-order valence-electron chi connectivity index (χ3n) is 4.34. The minimum Gasteiger partial charge on any atom is -0.338 e. The highest BCUT2D eigenvalue weighted by atomic mass is 32.2. The summed E-state index contributed by atoms with van der Waals surface area (Å²) in [5, 5.41) is 0. The molecule has 0 saturated heterocycles. The van der Waals surface area contributed by atoms with Crippen LogP contribution in [0.3, 0.4) is 0 Å². The quantitative estimate of drug-likeness (QED) is 0.913. The summed E-state index contributed by atoms with van der Waals surface area (Å²) in [6.07, 6.45) is 0.749. The van der Waals surface area contributed by atoms with Crippen molar-refractivity contribution in [1.82, 2.24) is 4.90 Å². The number of nitrogens with zero attached hydrogens (tertiary/aromatic N) is 1. The first-order valence-electron chi connectivity index (χ1n) is 7.92. The maximum atomic E-state index is 13.2. The van der Waals surface area contributed by atoms with Crippen LogP contribution in [-0.4, -0.2) is 25.8 Å². The summed E-state index contributed by atoms with van der Waals surface area (Å²) >= 11 is 0. The first kappa shape index (κ1) is 17.4. The summed E-state index contributed by atoms with van der Waals surface area (Å²) in [4.78, 5) is 13.3. The standard InChI is InChI=1S/C18H19FN2O3S/c1-12-9-16(19)4-6-18(12)25(23,24)20-17-5-3-14-7-8-21(13(2)22)11-15(14)10-17/h3-6,9-10,20H,7-8,11H2,1-2H3. The molecule has 0 aliphatic carbocycles. The largest absolute Gasteiger partial charge is 0.338 e. The fourth-order valence-corrected chi connectivity index (χ4v) is 4.29. The van der Waals surface area contributed by atoms with Gasteiger partial charge in [-0.05, 0) is 60.4 Å². The van der Waals surface area contributed by atoms with Crippen molar-refractivity contribution in [2.45, 2.75) is 31.7 Å². The molecular weight excluding hydrogens is 343 g/mol. The molecule has 1 aliphatic rings. The van der Waals surface area contributed by atoms with Gasteiger partial charge in [0.15, 0.2) is 0 Å². The Morgan fingerprint density at radius 3 is 2.60 bits per heavy atom. The molecule has 0 aromatic heterocycles. The Morgan fingerprint density at radius 1 is 1.16 bits per heavy atom. The second-order valence-electron chi connectivity index (χ2n) is 6.19. The lowest BCUT2D eigenvalue weighted by Gasteiger charge is -2.28. The van der Waals surface area contributed by atoms with Crippen LogP contribution in [0.25, 0.3) is 0 Å². The zero-order valence-electron chi connectivity index (χ0n) is 14.0. The molecule has 2 aromatic rings. The summed E-state index contributed by atoms with van der Waals surface area (Å²) in [6, 6.07) is 8.90. The Morgan fingerprint density at radius 2 is 1.92 bits per heavy atom. The molecule has 0 spiro atoms. The van der Waals surface area contributed by atoms with Gasteiger partial charge in [0.1, 0.15) is 5.82 Å². The van der Waals surface area contributed by atoms with Gasteiger partial charge < -0.3 is 4.90 Å². The molecule has 1 N–H and O–H groups in total. The van der Waals surface area contributed by atoms with Gasteiger partial charge in [0.2, 0.25) is 5.91 Å². The van der Waals surface area contributed by atoms with Crippen LogP contribution in [0.15, 0.2) is 41.3 Å². The number of aryl methyl sites for hydroxylation is 1. The van der Waals surface area contributed by atoms with Gasteiger partial charge in [-0.15, -0.1) is 0 Å². The number of halogens is 1. The average molecular weight is 362 g/mol. The van der Waals surface area contributed by atoms with E-state index < -0.39 is 15.8 Å². The average Bonchev–Trinajstić information content (AvgIpc) is 2.53. The van der Waals surface area contributed by atoms with Crippen LogP contribution in [0.1, 0.15) is 23.6 Å². The van der Waals surface area contributed by atoms with Crippen LogP contribution in [0.5, 0.6) is 0 Å². The summed E-state index contributed by atoms with van der Waals surface area (Å²) < 4.78 is 40.9. The summed E-state index contributed by atoms with van der Waals surface area (Å²) in [7, 11) is -3.81. The second-order valence-corrected chi connectivity index (χ2v) is 7.84. The SMILES string of the molecule is CC(=O)N1CCc2ccc(NS(=O)(=O)c3ccc(F)cc3C)cc2C1. The van der Waals surface area contributed by atoms with E-state index in [4.69, 9.17) is 0 Å². The molecule has 0 unspecified atom stereocenters. The van der Waals surface area contributed by atoms with E-state index in [9.17, 15) is 17.6 Å². The van der Waals surface area contributed by atoms with Crippen molar-refractivity contribution >= 4 is 21.6 Å². The predicted octanol–water partition coefficient (Wildman–Crippen LogP) is 2.84. The van der Waals surface area contributed by atoms with Crippen LogP contribution >= 0.6 is 0 Å². The van der Waals surface area contributed by atoms with Gasteiger partial charge in [0, 0.05) is 25.7 Å². The van der Waals surface area contributed by atoms with Gasteiger partial charge in [-0.25, -0.2) is 12.8 Å². The Hall–Kier alpha value is -2.41. The van der Waals surface area contributed by atoms with E-state index in [1.165, 1.54) is 19.1 Å². The number of hydrogen-bond donors (Lipinski definition) is 1. The lowest BCUT2D eigenvalue weighted by molar-refractivity contribution is -0.129. The Balaban J connectivity index is 1.88. The van der Waals surface area contributed by atoms with Crippen molar-refractivity contribution in [3.05, 3.63) is 58.9 Å².